The van der Waals surface area contributed by atoms with Crippen molar-refractivity contribution < 1.29 is 9.32 Å². The van der Waals surface area contributed by atoms with E-state index >= 15 is 0 Å². The van der Waals surface area contributed by atoms with Crippen molar-refractivity contribution in [1.29, 1.82) is 0 Å². The highest BCUT2D eigenvalue weighted by Crippen LogP contribution is 2.35. The van der Waals surface area contributed by atoms with Crippen LogP contribution in [0.25, 0.3) is 0 Å². The van der Waals surface area contributed by atoms with Crippen LogP contribution in [0, 0.1) is 0 Å². The molecule has 1 heterocycles. The molecule has 4 heteroatoms. The van der Waals surface area contributed by atoms with E-state index in [9.17, 15) is 4.79 Å². The Morgan fingerprint density at radius 1 is 1.60 bits per heavy atom. The standard InChI is InChI=1S/C11H16N2O2/c1-3-9(14)7(2)11-12-10(13-15-11)8-5-4-6-8/h7-8H,3-6H2,1-2H3. The van der Waals surface area contributed by atoms with Crippen LogP contribution in [0.3, 0.4) is 0 Å². The van der Waals surface area contributed by atoms with Crippen molar-refractivity contribution in [3.8, 4) is 0 Å². The molecule has 0 bridgehead atoms. The Bertz CT molecular complexity index is 355. The number of carbonyl (C=O) groups excluding carboxylic acids is 1. The summed E-state index contributed by atoms with van der Waals surface area (Å²) in [5.41, 5.74) is 0. The zero-order valence-corrected chi connectivity index (χ0v) is 9.19. The first-order valence-electron chi connectivity index (χ1n) is 5.58. The molecule has 0 saturated heterocycles. The van der Waals surface area contributed by atoms with Gasteiger partial charge in [0.15, 0.2) is 5.82 Å². The quantitative estimate of drug-likeness (QED) is 0.762. The van der Waals surface area contributed by atoms with Crippen molar-refractivity contribution in [2.45, 2.75) is 51.4 Å². The molecular formula is C11H16N2O2. The van der Waals surface area contributed by atoms with E-state index in [1.54, 1.807) is 0 Å². The molecule has 1 aromatic heterocycles. The zero-order chi connectivity index (χ0) is 10.8. The summed E-state index contributed by atoms with van der Waals surface area (Å²) >= 11 is 0. The minimum atomic E-state index is -0.253. The fraction of sp³-hybridized carbons (Fsp3) is 0.727. The molecular weight excluding hydrogens is 192 g/mol. The van der Waals surface area contributed by atoms with Gasteiger partial charge >= 0.3 is 0 Å². The Morgan fingerprint density at radius 3 is 2.87 bits per heavy atom. The highest BCUT2D eigenvalue weighted by Gasteiger charge is 2.27. The molecule has 0 aliphatic heterocycles. The topological polar surface area (TPSA) is 56.0 Å². The molecule has 0 aromatic carbocycles. The molecule has 1 saturated carbocycles. The zero-order valence-electron chi connectivity index (χ0n) is 9.19. The Labute approximate surface area is 89.1 Å². The third-order valence-electron chi connectivity index (χ3n) is 3.13. The second kappa shape index (κ2) is 4.13. The van der Waals surface area contributed by atoms with Gasteiger partial charge < -0.3 is 4.52 Å². The Kier molecular flexibility index (Phi) is 2.84. The summed E-state index contributed by atoms with van der Waals surface area (Å²) in [6, 6.07) is 0. The minimum Gasteiger partial charge on any atom is -0.339 e. The molecule has 0 radical (unpaired) electrons. The average Bonchev–Trinajstić information content (AvgIpc) is 2.62. The van der Waals surface area contributed by atoms with E-state index in [1.165, 1.54) is 6.42 Å². The number of hydrogen-bond donors (Lipinski definition) is 0. The summed E-state index contributed by atoms with van der Waals surface area (Å²) in [6.45, 7) is 3.67. The summed E-state index contributed by atoms with van der Waals surface area (Å²) in [6.07, 6.45) is 4.06. The highest BCUT2D eigenvalue weighted by molar-refractivity contribution is 5.83. The van der Waals surface area contributed by atoms with E-state index in [1.807, 2.05) is 13.8 Å². The monoisotopic (exact) mass is 208 g/mol. The van der Waals surface area contributed by atoms with Gasteiger partial charge in [0.1, 0.15) is 5.78 Å². The molecule has 1 atom stereocenters. The number of nitrogens with zero attached hydrogens (tertiary/aromatic N) is 2. The van der Waals surface area contributed by atoms with Crippen LogP contribution in [-0.4, -0.2) is 15.9 Å². The maximum absolute atomic E-state index is 11.4. The van der Waals surface area contributed by atoms with Crippen LogP contribution in [0.2, 0.25) is 0 Å². The first-order chi connectivity index (χ1) is 7.22. The molecule has 0 amide bonds. The second-order valence-electron chi connectivity index (χ2n) is 4.16. The largest absolute Gasteiger partial charge is 0.339 e. The Balaban J connectivity index is 2.08. The first kappa shape index (κ1) is 10.3. The van der Waals surface area contributed by atoms with E-state index in [0.717, 1.165) is 18.7 Å². The van der Waals surface area contributed by atoms with Crippen LogP contribution in [0.15, 0.2) is 4.52 Å². The number of rotatable bonds is 4. The van der Waals surface area contributed by atoms with Gasteiger partial charge in [-0.05, 0) is 19.8 Å². The van der Waals surface area contributed by atoms with Crippen LogP contribution in [0.1, 0.15) is 63.1 Å². The summed E-state index contributed by atoms with van der Waals surface area (Å²) in [5.74, 6) is 1.62. The number of aromatic nitrogens is 2. The predicted octanol–water partition coefficient (Wildman–Crippen LogP) is 2.42. The molecule has 0 spiro atoms. The molecule has 0 N–H and O–H groups in total. The first-order valence-corrected chi connectivity index (χ1v) is 5.58. The van der Waals surface area contributed by atoms with Crippen molar-refractivity contribution in [2.24, 2.45) is 0 Å². The van der Waals surface area contributed by atoms with Gasteiger partial charge in [0.2, 0.25) is 5.89 Å². The molecule has 15 heavy (non-hydrogen) atoms. The number of hydrogen-bond acceptors (Lipinski definition) is 4. The van der Waals surface area contributed by atoms with Gasteiger partial charge in [-0.1, -0.05) is 18.5 Å². The fourth-order valence-corrected chi connectivity index (χ4v) is 1.70. The molecule has 1 unspecified atom stereocenters. The van der Waals surface area contributed by atoms with Crippen LogP contribution in [0.5, 0.6) is 0 Å². The summed E-state index contributed by atoms with van der Waals surface area (Å²) in [5, 5.41) is 3.94. The molecule has 1 fully saturated rings. The lowest BCUT2D eigenvalue weighted by atomic mass is 9.85. The second-order valence-corrected chi connectivity index (χ2v) is 4.16. The van der Waals surface area contributed by atoms with Gasteiger partial charge in [0.25, 0.3) is 0 Å². The number of Topliss-reactive ketones (excluding diaryl/α,β-unsaturated/α-hetero) is 1. The number of ketones is 1. The summed E-state index contributed by atoms with van der Waals surface area (Å²) in [4.78, 5) is 15.7. The van der Waals surface area contributed by atoms with Gasteiger partial charge in [-0.3, -0.25) is 4.79 Å². The lowest BCUT2D eigenvalue weighted by molar-refractivity contribution is -0.120. The van der Waals surface area contributed by atoms with Crippen molar-refractivity contribution in [3.63, 3.8) is 0 Å². The molecule has 1 aliphatic rings. The lowest BCUT2D eigenvalue weighted by Crippen LogP contribution is -2.11. The molecule has 82 valence electrons. The summed E-state index contributed by atoms with van der Waals surface area (Å²) in [7, 11) is 0. The highest BCUT2D eigenvalue weighted by atomic mass is 16.5. The third kappa shape index (κ3) is 1.94. The smallest absolute Gasteiger partial charge is 0.236 e. The number of carbonyl (C=O) groups is 1. The Hall–Kier alpha value is -1.19. The maximum Gasteiger partial charge on any atom is 0.236 e. The summed E-state index contributed by atoms with van der Waals surface area (Å²) < 4.78 is 5.12. The van der Waals surface area contributed by atoms with E-state index < -0.39 is 0 Å². The van der Waals surface area contributed by atoms with Gasteiger partial charge in [0.05, 0.1) is 5.92 Å². The van der Waals surface area contributed by atoms with Crippen molar-refractivity contribution in [2.75, 3.05) is 0 Å². The van der Waals surface area contributed by atoms with E-state index in [0.29, 0.717) is 18.2 Å². The van der Waals surface area contributed by atoms with Gasteiger partial charge in [0, 0.05) is 12.3 Å². The average molecular weight is 208 g/mol. The Morgan fingerprint density at radius 2 is 2.33 bits per heavy atom. The van der Waals surface area contributed by atoms with Gasteiger partial charge in [-0.15, -0.1) is 0 Å². The normalized spacial score (nSPS) is 18.5. The van der Waals surface area contributed by atoms with Gasteiger partial charge in [-0.2, -0.15) is 4.98 Å². The van der Waals surface area contributed by atoms with Gasteiger partial charge in [-0.25, -0.2) is 0 Å². The third-order valence-corrected chi connectivity index (χ3v) is 3.13. The van der Waals surface area contributed by atoms with E-state index in [-0.39, 0.29) is 11.7 Å². The predicted molar refractivity (Wildman–Crippen MR) is 54.6 cm³/mol. The van der Waals surface area contributed by atoms with Crippen molar-refractivity contribution >= 4 is 5.78 Å². The maximum atomic E-state index is 11.4. The molecule has 4 nitrogen and oxygen atoms in total. The molecule has 2 rings (SSSR count). The van der Waals surface area contributed by atoms with E-state index in [4.69, 9.17) is 4.52 Å². The van der Waals surface area contributed by atoms with Crippen molar-refractivity contribution in [1.82, 2.24) is 10.1 Å². The fourth-order valence-electron chi connectivity index (χ4n) is 1.70. The van der Waals surface area contributed by atoms with Crippen molar-refractivity contribution in [3.05, 3.63) is 11.7 Å². The minimum absolute atomic E-state index is 0.152. The van der Waals surface area contributed by atoms with Crippen LogP contribution in [0.4, 0.5) is 0 Å². The molecule has 1 aliphatic carbocycles. The van der Waals surface area contributed by atoms with Crippen LogP contribution in [-0.2, 0) is 4.79 Å². The van der Waals surface area contributed by atoms with E-state index in [2.05, 4.69) is 10.1 Å². The van der Waals surface area contributed by atoms with Crippen LogP contribution < -0.4 is 0 Å². The SMILES string of the molecule is CCC(=O)C(C)c1nc(C2CCC2)no1. The molecule has 1 aromatic rings. The van der Waals surface area contributed by atoms with Crippen LogP contribution >= 0.6 is 0 Å². The lowest BCUT2D eigenvalue weighted by Gasteiger charge is -2.20.